The predicted octanol–water partition coefficient (Wildman–Crippen LogP) is 2.63. The van der Waals surface area contributed by atoms with Crippen molar-refractivity contribution in [3.8, 4) is 11.5 Å². The molecule has 2 N–H and O–H groups in total. The maximum atomic E-state index is 9.54. The van der Waals surface area contributed by atoms with Crippen LogP contribution in [0.4, 0.5) is 0 Å². The van der Waals surface area contributed by atoms with E-state index in [2.05, 4.69) is 9.98 Å². The molecule has 0 unspecified atom stereocenters. The molecule has 0 heterocycles. The Morgan fingerprint density at radius 2 is 1.10 bits per heavy atom. The topological polar surface area (TPSA) is 65.2 Å². The number of hydrogen-bond donors (Lipinski definition) is 2. The molecule has 0 aromatic heterocycles. The minimum atomic E-state index is 0. The summed E-state index contributed by atoms with van der Waals surface area (Å²) in [6.45, 7) is 1.05. The summed E-state index contributed by atoms with van der Waals surface area (Å²) in [7, 11) is 0. The third kappa shape index (κ3) is 5.42. The number of phenols is 2. The van der Waals surface area contributed by atoms with Crippen LogP contribution in [0.2, 0.25) is 0 Å². The van der Waals surface area contributed by atoms with E-state index in [1.165, 1.54) is 0 Å². The number of benzene rings is 2. The van der Waals surface area contributed by atoms with Gasteiger partial charge in [-0.25, -0.2) is 0 Å². The normalized spacial score (nSPS) is 10.9. The van der Waals surface area contributed by atoms with Crippen LogP contribution in [0.15, 0.2) is 58.5 Å². The zero-order chi connectivity index (χ0) is 14.2. The van der Waals surface area contributed by atoms with Crippen molar-refractivity contribution < 1.29 is 27.3 Å². The van der Waals surface area contributed by atoms with E-state index in [9.17, 15) is 10.2 Å². The standard InChI is InChI=1S/C16H16N2O2.Mn/c19-15-7-3-1-5-13(15)11-17-9-10-18-12-14-6-2-4-8-16(14)20;/h1-8,11-12,19-20H,9-10H2;/b17-11+,18-12+;. The monoisotopic (exact) mass is 323 g/mol. The third-order valence-corrected chi connectivity index (χ3v) is 2.69. The average Bonchev–Trinajstić information content (AvgIpc) is 2.46. The Morgan fingerprint density at radius 1 is 0.714 bits per heavy atom. The molecule has 2 aromatic rings. The summed E-state index contributed by atoms with van der Waals surface area (Å²) in [5.41, 5.74) is 1.38. The Balaban J connectivity index is 0.00000220. The molecule has 0 saturated heterocycles. The molecule has 2 rings (SSSR count). The molecule has 0 fully saturated rings. The van der Waals surface area contributed by atoms with Gasteiger partial charge in [0.2, 0.25) is 0 Å². The Hall–Kier alpha value is -2.10. The summed E-state index contributed by atoms with van der Waals surface area (Å²) in [4.78, 5) is 8.39. The van der Waals surface area contributed by atoms with Crippen molar-refractivity contribution >= 4 is 12.4 Å². The SMILES string of the molecule is Oc1ccccc1/C=N/CC/N=C/c1ccccc1O.[Mn]. The van der Waals surface area contributed by atoms with Crippen LogP contribution in [-0.2, 0) is 17.1 Å². The maximum absolute atomic E-state index is 9.54. The van der Waals surface area contributed by atoms with Gasteiger partial charge in [-0.15, -0.1) is 0 Å². The number of aliphatic imine (C=N–C) groups is 2. The first-order valence-corrected chi connectivity index (χ1v) is 6.33. The van der Waals surface area contributed by atoms with Crippen molar-refractivity contribution in [2.45, 2.75) is 0 Å². The first kappa shape index (κ1) is 17.0. The van der Waals surface area contributed by atoms with Crippen LogP contribution in [-0.4, -0.2) is 35.7 Å². The Morgan fingerprint density at radius 3 is 1.48 bits per heavy atom. The van der Waals surface area contributed by atoms with Crippen molar-refractivity contribution in [2.75, 3.05) is 13.1 Å². The van der Waals surface area contributed by atoms with Crippen LogP contribution in [0.25, 0.3) is 0 Å². The van der Waals surface area contributed by atoms with Gasteiger partial charge in [0, 0.05) is 40.6 Å². The molecule has 0 aliphatic rings. The molecule has 21 heavy (non-hydrogen) atoms. The van der Waals surface area contributed by atoms with E-state index in [4.69, 9.17) is 0 Å². The molecule has 0 aliphatic heterocycles. The molecule has 4 nitrogen and oxygen atoms in total. The molecular weight excluding hydrogens is 307 g/mol. The number of aromatic hydroxyl groups is 2. The van der Waals surface area contributed by atoms with E-state index < -0.39 is 0 Å². The van der Waals surface area contributed by atoms with Gasteiger partial charge in [-0.05, 0) is 24.3 Å². The van der Waals surface area contributed by atoms with E-state index in [1.54, 1.807) is 48.8 Å². The van der Waals surface area contributed by atoms with Gasteiger partial charge >= 0.3 is 0 Å². The van der Waals surface area contributed by atoms with Gasteiger partial charge in [0.05, 0.1) is 13.1 Å². The molecule has 109 valence electrons. The van der Waals surface area contributed by atoms with Gasteiger partial charge in [-0.2, -0.15) is 0 Å². The van der Waals surface area contributed by atoms with Crippen molar-refractivity contribution in [1.82, 2.24) is 0 Å². The van der Waals surface area contributed by atoms with Crippen LogP contribution in [0.5, 0.6) is 11.5 Å². The van der Waals surface area contributed by atoms with Crippen molar-refractivity contribution in [3.63, 3.8) is 0 Å². The summed E-state index contributed by atoms with van der Waals surface area (Å²) in [5.74, 6) is 0.433. The fourth-order valence-corrected chi connectivity index (χ4v) is 1.63. The predicted molar refractivity (Wildman–Crippen MR) is 81.1 cm³/mol. The largest absolute Gasteiger partial charge is 0.507 e. The number of hydrogen-bond acceptors (Lipinski definition) is 4. The number of nitrogens with zero attached hydrogens (tertiary/aromatic N) is 2. The molecule has 5 heteroatoms. The van der Waals surface area contributed by atoms with Crippen LogP contribution in [0.1, 0.15) is 11.1 Å². The summed E-state index contributed by atoms with van der Waals surface area (Å²) in [5, 5.41) is 19.1. The molecule has 2 aromatic carbocycles. The number of phenolic OH excluding ortho intramolecular Hbond substituents is 2. The smallest absolute Gasteiger partial charge is 0.124 e. The van der Waals surface area contributed by atoms with E-state index in [0.717, 1.165) is 0 Å². The zero-order valence-electron chi connectivity index (χ0n) is 11.4. The Bertz CT molecular complexity index is 572. The van der Waals surface area contributed by atoms with Gasteiger partial charge in [-0.3, -0.25) is 9.98 Å². The summed E-state index contributed by atoms with van der Waals surface area (Å²) >= 11 is 0. The van der Waals surface area contributed by atoms with Crippen LogP contribution in [0, 0.1) is 0 Å². The molecule has 0 atom stereocenters. The van der Waals surface area contributed by atoms with E-state index >= 15 is 0 Å². The summed E-state index contributed by atoms with van der Waals surface area (Å²) in [6, 6.07) is 14.1. The van der Waals surface area contributed by atoms with Gasteiger partial charge < -0.3 is 10.2 Å². The quantitative estimate of drug-likeness (QED) is 0.505. The maximum Gasteiger partial charge on any atom is 0.124 e. The minimum absolute atomic E-state index is 0. The van der Waals surface area contributed by atoms with Crippen LogP contribution >= 0.6 is 0 Å². The number of para-hydroxylation sites is 2. The van der Waals surface area contributed by atoms with Crippen LogP contribution < -0.4 is 0 Å². The van der Waals surface area contributed by atoms with Crippen molar-refractivity contribution in [1.29, 1.82) is 0 Å². The second-order valence-corrected chi connectivity index (χ2v) is 4.19. The first-order valence-electron chi connectivity index (χ1n) is 6.33. The average molecular weight is 323 g/mol. The fourth-order valence-electron chi connectivity index (χ4n) is 1.63. The zero-order valence-corrected chi connectivity index (χ0v) is 12.5. The van der Waals surface area contributed by atoms with Crippen molar-refractivity contribution in [2.24, 2.45) is 9.98 Å². The van der Waals surface area contributed by atoms with Gasteiger partial charge in [0.25, 0.3) is 0 Å². The third-order valence-electron chi connectivity index (χ3n) is 2.69. The molecule has 0 spiro atoms. The summed E-state index contributed by atoms with van der Waals surface area (Å²) < 4.78 is 0. The molecule has 0 amide bonds. The molecule has 0 bridgehead atoms. The Labute approximate surface area is 134 Å². The second-order valence-electron chi connectivity index (χ2n) is 4.19. The number of rotatable bonds is 5. The van der Waals surface area contributed by atoms with Gasteiger partial charge in [0.15, 0.2) is 0 Å². The fraction of sp³-hybridized carbons (Fsp3) is 0.125. The van der Waals surface area contributed by atoms with Crippen molar-refractivity contribution in [3.05, 3.63) is 59.7 Å². The van der Waals surface area contributed by atoms with Gasteiger partial charge in [0.1, 0.15) is 11.5 Å². The van der Waals surface area contributed by atoms with Crippen LogP contribution in [0.3, 0.4) is 0 Å². The molecule has 0 saturated carbocycles. The van der Waals surface area contributed by atoms with E-state index in [0.29, 0.717) is 24.2 Å². The molecular formula is C16H16MnN2O2. The summed E-state index contributed by atoms with van der Waals surface area (Å²) in [6.07, 6.45) is 3.26. The molecule has 1 radical (unpaired) electrons. The van der Waals surface area contributed by atoms with E-state index in [-0.39, 0.29) is 28.6 Å². The second kappa shape index (κ2) is 8.95. The Kier molecular flexibility index (Phi) is 7.22. The van der Waals surface area contributed by atoms with Gasteiger partial charge in [-0.1, -0.05) is 24.3 Å². The first-order chi connectivity index (χ1) is 9.77. The molecule has 0 aliphatic carbocycles. The van der Waals surface area contributed by atoms with E-state index in [1.807, 2.05) is 12.1 Å². The minimum Gasteiger partial charge on any atom is -0.507 e.